The van der Waals surface area contributed by atoms with Gasteiger partial charge in [-0.05, 0) is 55.9 Å². The van der Waals surface area contributed by atoms with Crippen molar-refractivity contribution in [3.8, 4) is 11.5 Å². The minimum atomic E-state index is 0. The number of ether oxygens (including phenoxy) is 3. The van der Waals surface area contributed by atoms with Crippen molar-refractivity contribution in [1.82, 2.24) is 10.2 Å². The van der Waals surface area contributed by atoms with Crippen LogP contribution in [-0.2, 0) is 17.7 Å². The number of aliphatic imine (C=N–C) groups is 1. The van der Waals surface area contributed by atoms with Gasteiger partial charge >= 0.3 is 0 Å². The molecule has 6 nitrogen and oxygen atoms in total. The summed E-state index contributed by atoms with van der Waals surface area (Å²) in [4.78, 5) is 7.17. The van der Waals surface area contributed by atoms with E-state index in [1.165, 1.54) is 24.0 Å². The van der Waals surface area contributed by atoms with E-state index in [1.807, 2.05) is 0 Å². The average molecular weight is 489 g/mol. The second-order valence-electron chi connectivity index (χ2n) is 6.81. The van der Waals surface area contributed by atoms with Gasteiger partial charge in [0.1, 0.15) is 0 Å². The molecule has 0 aliphatic carbocycles. The number of benzene rings is 1. The maximum atomic E-state index is 5.71. The Morgan fingerprint density at radius 1 is 1.26 bits per heavy atom. The first-order valence-electron chi connectivity index (χ1n) is 9.63. The molecular weight excluding hydrogens is 457 g/mol. The number of guanidine groups is 1. The fourth-order valence-electron chi connectivity index (χ4n) is 3.68. The molecule has 2 aliphatic heterocycles. The van der Waals surface area contributed by atoms with Gasteiger partial charge in [-0.1, -0.05) is 0 Å². The van der Waals surface area contributed by atoms with Gasteiger partial charge in [0, 0.05) is 32.8 Å². The number of fused-ring (bicyclic) bond motifs is 1. The molecule has 1 aromatic rings. The third-order valence-corrected chi connectivity index (χ3v) is 5.09. The molecule has 1 unspecified atom stereocenters. The number of nitrogens with zero attached hydrogens (tertiary/aromatic N) is 2. The second kappa shape index (κ2) is 10.9. The molecule has 1 fully saturated rings. The van der Waals surface area contributed by atoms with Crippen LogP contribution in [0, 0.1) is 0 Å². The van der Waals surface area contributed by atoms with Gasteiger partial charge < -0.3 is 24.4 Å². The van der Waals surface area contributed by atoms with Gasteiger partial charge in [-0.15, -0.1) is 24.0 Å². The van der Waals surface area contributed by atoms with Crippen molar-refractivity contribution in [2.24, 2.45) is 4.99 Å². The van der Waals surface area contributed by atoms with Gasteiger partial charge in [-0.2, -0.15) is 0 Å². The highest BCUT2D eigenvalue weighted by molar-refractivity contribution is 14.0. The molecule has 2 aliphatic rings. The lowest BCUT2D eigenvalue weighted by atomic mass is 9.99. The highest BCUT2D eigenvalue weighted by Crippen LogP contribution is 2.33. The number of hydrogen-bond donors (Lipinski definition) is 1. The van der Waals surface area contributed by atoms with Crippen LogP contribution in [0.15, 0.2) is 17.1 Å². The Morgan fingerprint density at radius 2 is 2.00 bits per heavy atom. The predicted octanol–water partition coefficient (Wildman–Crippen LogP) is 3.21. The molecule has 1 N–H and O–H groups in total. The van der Waals surface area contributed by atoms with Gasteiger partial charge in [0.2, 0.25) is 0 Å². The summed E-state index contributed by atoms with van der Waals surface area (Å²) in [7, 11) is 3.37. The number of rotatable bonds is 6. The zero-order chi connectivity index (χ0) is 18.4. The van der Waals surface area contributed by atoms with E-state index < -0.39 is 0 Å². The normalized spacial score (nSPS) is 19.3. The summed E-state index contributed by atoms with van der Waals surface area (Å²) in [5.41, 5.74) is 2.60. The van der Waals surface area contributed by atoms with Crippen LogP contribution in [0.5, 0.6) is 11.5 Å². The Bertz CT molecular complexity index is 633. The topological polar surface area (TPSA) is 55.3 Å². The SMILES string of the molecule is CCNC(=NCCC1CCCO1)N1CCc2cc(OC)c(OC)cc2C1.I. The molecule has 0 radical (unpaired) electrons. The Hall–Kier alpha value is -1.22. The molecule has 1 atom stereocenters. The Balaban J connectivity index is 0.00000261. The van der Waals surface area contributed by atoms with Crippen LogP contribution in [0.25, 0.3) is 0 Å². The Morgan fingerprint density at radius 3 is 2.63 bits per heavy atom. The van der Waals surface area contributed by atoms with E-state index in [0.717, 1.165) is 63.1 Å². The first-order valence-corrected chi connectivity index (χ1v) is 9.63. The van der Waals surface area contributed by atoms with E-state index in [-0.39, 0.29) is 24.0 Å². The summed E-state index contributed by atoms with van der Waals surface area (Å²) in [6, 6.07) is 4.20. The molecular formula is C20H32IN3O3. The molecule has 152 valence electrons. The molecule has 3 rings (SSSR count). The lowest BCUT2D eigenvalue weighted by Gasteiger charge is -2.32. The zero-order valence-corrected chi connectivity index (χ0v) is 19.0. The van der Waals surface area contributed by atoms with Crippen molar-refractivity contribution in [2.45, 2.75) is 45.3 Å². The Labute approximate surface area is 179 Å². The number of nitrogens with one attached hydrogen (secondary N) is 1. The monoisotopic (exact) mass is 489 g/mol. The summed E-state index contributed by atoms with van der Waals surface area (Å²) >= 11 is 0. The fourth-order valence-corrected chi connectivity index (χ4v) is 3.68. The van der Waals surface area contributed by atoms with E-state index in [4.69, 9.17) is 19.2 Å². The van der Waals surface area contributed by atoms with Crippen LogP contribution >= 0.6 is 24.0 Å². The highest BCUT2D eigenvalue weighted by Gasteiger charge is 2.22. The third-order valence-electron chi connectivity index (χ3n) is 5.09. The summed E-state index contributed by atoms with van der Waals surface area (Å²) in [6.07, 6.45) is 4.73. The van der Waals surface area contributed by atoms with Crippen molar-refractivity contribution < 1.29 is 14.2 Å². The smallest absolute Gasteiger partial charge is 0.194 e. The number of halogens is 1. The van der Waals surface area contributed by atoms with Gasteiger partial charge in [0.05, 0.1) is 20.3 Å². The van der Waals surface area contributed by atoms with Crippen molar-refractivity contribution >= 4 is 29.9 Å². The minimum Gasteiger partial charge on any atom is -0.493 e. The quantitative estimate of drug-likeness (QED) is 0.378. The highest BCUT2D eigenvalue weighted by atomic mass is 127. The maximum absolute atomic E-state index is 5.71. The number of hydrogen-bond acceptors (Lipinski definition) is 4. The first kappa shape index (κ1) is 22.1. The van der Waals surface area contributed by atoms with Gasteiger partial charge in [-0.3, -0.25) is 4.99 Å². The number of methoxy groups -OCH3 is 2. The van der Waals surface area contributed by atoms with Gasteiger partial charge in [-0.25, -0.2) is 0 Å². The Kier molecular flexibility index (Phi) is 8.95. The van der Waals surface area contributed by atoms with E-state index >= 15 is 0 Å². The average Bonchev–Trinajstić information content (AvgIpc) is 3.19. The van der Waals surface area contributed by atoms with Crippen molar-refractivity contribution in [2.75, 3.05) is 40.5 Å². The summed E-state index contributed by atoms with van der Waals surface area (Å²) < 4.78 is 16.6. The van der Waals surface area contributed by atoms with Crippen molar-refractivity contribution in [3.05, 3.63) is 23.3 Å². The fraction of sp³-hybridized carbons (Fsp3) is 0.650. The van der Waals surface area contributed by atoms with E-state index in [0.29, 0.717) is 6.10 Å². The van der Waals surface area contributed by atoms with E-state index in [1.54, 1.807) is 14.2 Å². The molecule has 1 saturated heterocycles. The molecule has 27 heavy (non-hydrogen) atoms. The van der Waals surface area contributed by atoms with Crippen LogP contribution in [-0.4, -0.2) is 57.4 Å². The molecule has 0 spiro atoms. The summed E-state index contributed by atoms with van der Waals surface area (Å²) in [5.74, 6) is 2.58. The van der Waals surface area contributed by atoms with Crippen LogP contribution in [0.1, 0.15) is 37.3 Å². The maximum Gasteiger partial charge on any atom is 0.194 e. The molecule has 0 aromatic heterocycles. The lowest BCUT2D eigenvalue weighted by molar-refractivity contribution is 0.106. The van der Waals surface area contributed by atoms with Crippen LogP contribution < -0.4 is 14.8 Å². The van der Waals surface area contributed by atoms with Gasteiger partial charge in [0.15, 0.2) is 17.5 Å². The van der Waals surface area contributed by atoms with Crippen LogP contribution in [0.4, 0.5) is 0 Å². The largest absolute Gasteiger partial charge is 0.493 e. The molecule has 0 bridgehead atoms. The zero-order valence-electron chi connectivity index (χ0n) is 16.6. The van der Waals surface area contributed by atoms with Crippen LogP contribution in [0.3, 0.4) is 0 Å². The minimum absolute atomic E-state index is 0. The van der Waals surface area contributed by atoms with Crippen molar-refractivity contribution in [3.63, 3.8) is 0 Å². The summed E-state index contributed by atoms with van der Waals surface area (Å²) in [5, 5.41) is 3.44. The molecule has 2 heterocycles. The van der Waals surface area contributed by atoms with Gasteiger partial charge in [0.25, 0.3) is 0 Å². The predicted molar refractivity (Wildman–Crippen MR) is 119 cm³/mol. The van der Waals surface area contributed by atoms with Crippen LogP contribution in [0.2, 0.25) is 0 Å². The third kappa shape index (κ3) is 5.63. The lowest BCUT2D eigenvalue weighted by Crippen LogP contribution is -2.44. The van der Waals surface area contributed by atoms with Crippen molar-refractivity contribution in [1.29, 1.82) is 0 Å². The molecule has 0 saturated carbocycles. The second-order valence-corrected chi connectivity index (χ2v) is 6.81. The molecule has 0 amide bonds. The van der Waals surface area contributed by atoms with E-state index in [9.17, 15) is 0 Å². The molecule has 7 heteroatoms. The summed E-state index contributed by atoms with van der Waals surface area (Å²) in [6.45, 7) is 6.48. The standard InChI is InChI=1S/C20H31N3O3.HI/c1-4-21-20(22-9-7-17-6-5-11-26-17)23-10-8-15-12-18(24-2)19(25-3)13-16(15)14-23;/h12-13,17H,4-11,14H2,1-3H3,(H,21,22);1H. The first-order chi connectivity index (χ1) is 12.7. The van der Waals surface area contributed by atoms with E-state index in [2.05, 4.69) is 29.3 Å². The molecule has 1 aromatic carbocycles.